The summed E-state index contributed by atoms with van der Waals surface area (Å²) in [6.07, 6.45) is 2.56. The minimum atomic E-state index is -0.295. The lowest BCUT2D eigenvalue weighted by molar-refractivity contribution is 0.171. The molecule has 0 aliphatic heterocycles. The maximum absolute atomic E-state index is 9.67. The highest BCUT2D eigenvalue weighted by molar-refractivity contribution is 5.26. The maximum atomic E-state index is 9.67. The fraction of sp³-hybridized carbons (Fsp3) is 0.818. The Morgan fingerprint density at radius 2 is 2.12 bits per heavy atom. The predicted molar refractivity (Wildman–Crippen MR) is 60.3 cm³/mol. The highest BCUT2D eigenvalue weighted by Gasteiger charge is 2.27. The zero-order chi connectivity index (χ0) is 11.8. The Hall–Kier alpha value is -1.10. The van der Waals surface area contributed by atoms with Gasteiger partial charge in [-0.05, 0) is 24.4 Å². The van der Waals surface area contributed by atoms with Gasteiger partial charge in [-0.25, -0.2) is 0 Å². The molecule has 5 nitrogen and oxygen atoms in total. The number of nitrogens with one attached hydrogen (secondary N) is 1. The van der Waals surface area contributed by atoms with Crippen molar-refractivity contribution >= 4 is 5.95 Å². The van der Waals surface area contributed by atoms with Gasteiger partial charge in [0.2, 0.25) is 5.89 Å². The van der Waals surface area contributed by atoms with Crippen LogP contribution >= 0.6 is 0 Å². The quantitative estimate of drug-likeness (QED) is 0.801. The van der Waals surface area contributed by atoms with Gasteiger partial charge in [-0.2, -0.15) is 4.98 Å². The number of hydrogen-bond acceptors (Lipinski definition) is 5. The van der Waals surface area contributed by atoms with Gasteiger partial charge in [0.15, 0.2) is 0 Å². The Morgan fingerprint density at radius 1 is 1.38 bits per heavy atom. The zero-order valence-corrected chi connectivity index (χ0v) is 10.0. The molecule has 0 radical (unpaired) electrons. The van der Waals surface area contributed by atoms with E-state index in [1.165, 1.54) is 0 Å². The third-order valence-electron chi connectivity index (χ3n) is 2.86. The normalized spacial score (nSPS) is 26.0. The van der Waals surface area contributed by atoms with Crippen molar-refractivity contribution in [2.45, 2.75) is 57.6 Å². The van der Waals surface area contributed by atoms with Gasteiger partial charge in [-0.1, -0.05) is 20.8 Å². The summed E-state index contributed by atoms with van der Waals surface area (Å²) in [5.74, 6) is 1.10. The summed E-state index contributed by atoms with van der Waals surface area (Å²) in [5.41, 5.74) is -0.138. The van der Waals surface area contributed by atoms with Crippen molar-refractivity contribution in [3.05, 3.63) is 5.89 Å². The molecule has 1 saturated carbocycles. The molecule has 0 aromatic carbocycles. The second-order valence-electron chi connectivity index (χ2n) is 5.42. The van der Waals surface area contributed by atoms with Gasteiger partial charge in [0.05, 0.1) is 12.1 Å². The minimum Gasteiger partial charge on any atom is -0.391 e. The van der Waals surface area contributed by atoms with Crippen molar-refractivity contribution in [1.82, 2.24) is 10.1 Å². The van der Waals surface area contributed by atoms with E-state index in [0.717, 1.165) is 19.3 Å². The van der Waals surface area contributed by atoms with E-state index in [1.54, 1.807) is 0 Å². The van der Waals surface area contributed by atoms with E-state index in [1.807, 2.05) is 20.8 Å². The standard InChI is InChI=1S/C11H19N3O2/c1-11(2,3)9-13-10(14-16-9)12-7-5-4-6-8(7)15/h7-8,15H,4-6H2,1-3H3,(H,12,14)/t7-,8-/m0/s1. The Bertz CT molecular complexity index is 356. The van der Waals surface area contributed by atoms with Gasteiger partial charge >= 0.3 is 0 Å². The van der Waals surface area contributed by atoms with Gasteiger partial charge in [0.1, 0.15) is 0 Å². The fourth-order valence-electron chi connectivity index (χ4n) is 1.86. The highest BCUT2D eigenvalue weighted by atomic mass is 16.5. The molecule has 1 aromatic rings. The van der Waals surface area contributed by atoms with E-state index in [-0.39, 0.29) is 17.6 Å². The first-order chi connectivity index (χ1) is 7.47. The summed E-state index contributed by atoms with van der Waals surface area (Å²) in [6.45, 7) is 6.07. The van der Waals surface area contributed by atoms with Crippen molar-refractivity contribution < 1.29 is 9.63 Å². The molecule has 2 rings (SSSR count). The lowest BCUT2D eigenvalue weighted by Gasteiger charge is -2.14. The second kappa shape index (κ2) is 4.05. The summed E-state index contributed by atoms with van der Waals surface area (Å²) in [7, 11) is 0. The monoisotopic (exact) mass is 225 g/mol. The Morgan fingerprint density at radius 3 is 2.62 bits per heavy atom. The third kappa shape index (κ3) is 2.35. The first-order valence-corrected chi connectivity index (χ1v) is 5.75. The lowest BCUT2D eigenvalue weighted by atomic mass is 9.97. The molecule has 0 unspecified atom stereocenters. The Kier molecular flexibility index (Phi) is 2.88. The van der Waals surface area contributed by atoms with Crippen LogP contribution in [0.4, 0.5) is 5.95 Å². The number of hydrogen-bond donors (Lipinski definition) is 2. The number of aliphatic hydroxyl groups is 1. The van der Waals surface area contributed by atoms with Crippen molar-refractivity contribution in [1.29, 1.82) is 0 Å². The van der Waals surface area contributed by atoms with Crippen LogP contribution < -0.4 is 5.32 Å². The van der Waals surface area contributed by atoms with Crippen molar-refractivity contribution in [3.8, 4) is 0 Å². The van der Waals surface area contributed by atoms with Crippen molar-refractivity contribution in [2.24, 2.45) is 0 Å². The first-order valence-electron chi connectivity index (χ1n) is 5.75. The SMILES string of the molecule is CC(C)(C)c1nc(N[C@H]2CCC[C@@H]2O)no1. The van der Waals surface area contributed by atoms with Gasteiger partial charge in [-0.3, -0.25) is 0 Å². The number of anilines is 1. The minimum absolute atomic E-state index is 0.0606. The molecule has 0 saturated heterocycles. The zero-order valence-electron chi connectivity index (χ0n) is 10.0. The number of aromatic nitrogens is 2. The van der Waals surface area contributed by atoms with Crippen LogP contribution in [0.1, 0.15) is 45.9 Å². The van der Waals surface area contributed by atoms with Crippen LogP contribution in [0.15, 0.2) is 4.52 Å². The third-order valence-corrected chi connectivity index (χ3v) is 2.86. The molecule has 1 aromatic heterocycles. The van der Waals surface area contributed by atoms with E-state index in [9.17, 15) is 5.11 Å². The van der Waals surface area contributed by atoms with Gasteiger partial charge < -0.3 is 14.9 Å². The molecule has 2 atom stereocenters. The van der Waals surface area contributed by atoms with Crippen molar-refractivity contribution in [3.63, 3.8) is 0 Å². The molecule has 0 bridgehead atoms. The number of aliphatic hydroxyl groups excluding tert-OH is 1. The predicted octanol–water partition coefficient (Wildman–Crippen LogP) is 1.69. The summed E-state index contributed by atoms with van der Waals surface area (Å²) >= 11 is 0. The molecule has 5 heteroatoms. The molecule has 1 aliphatic carbocycles. The summed E-state index contributed by atoms with van der Waals surface area (Å²) < 4.78 is 5.17. The van der Waals surface area contributed by atoms with Crippen LogP contribution in [0.25, 0.3) is 0 Å². The molecule has 2 N–H and O–H groups in total. The molecule has 1 fully saturated rings. The maximum Gasteiger partial charge on any atom is 0.263 e. The fourth-order valence-corrected chi connectivity index (χ4v) is 1.86. The topological polar surface area (TPSA) is 71.2 Å². The van der Waals surface area contributed by atoms with E-state index in [4.69, 9.17) is 4.52 Å². The van der Waals surface area contributed by atoms with Crippen LogP contribution in [-0.4, -0.2) is 27.4 Å². The number of rotatable bonds is 2. The Balaban J connectivity index is 2.03. The van der Waals surface area contributed by atoms with Crippen LogP contribution in [0.3, 0.4) is 0 Å². The van der Waals surface area contributed by atoms with E-state index in [2.05, 4.69) is 15.5 Å². The molecule has 90 valence electrons. The smallest absolute Gasteiger partial charge is 0.263 e. The van der Waals surface area contributed by atoms with E-state index < -0.39 is 0 Å². The molecular formula is C11H19N3O2. The molecule has 1 heterocycles. The largest absolute Gasteiger partial charge is 0.391 e. The molecule has 1 aliphatic rings. The molecule has 16 heavy (non-hydrogen) atoms. The van der Waals surface area contributed by atoms with Crippen LogP contribution in [0.5, 0.6) is 0 Å². The second-order valence-corrected chi connectivity index (χ2v) is 5.42. The first kappa shape index (κ1) is 11.4. The number of nitrogens with zero attached hydrogens (tertiary/aromatic N) is 2. The highest BCUT2D eigenvalue weighted by Crippen LogP contribution is 2.24. The summed E-state index contributed by atoms with van der Waals surface area (Å²) in [6, 6.07) is 0.0606. The van der Waals surface area contributed by atoms with E-state index >= 15 is 0 Å². The van der Waals surface area contributed by atoms with Gasteiger partial charge in [-0.15, -0.1) is 0 Å². The van der Waals surface area contributed by atoms with Crippen LogP contribution in [0, 0.1) is 0 Å². The summed E-state index contributed by atoms with van der Waals surface area (Å²) in [4.78, 5) is 4.28. The molecule has 0 amide bonds. The van der Waals surface area contributed by atoms with E-state index in [0.29, 0.717) is 11.8 Å². The average Bonchev–Trinajstić information content (AvgIpc) is 2.76. The van der Waals surface area contributed by atoms with Gasteiger partial charge in [0.25, 0.3) is 5.95 Å². The lowest BCUT2D eigenvalue weighted by Crippen LogP contribution is -2.28. The van der Waals surface area contributed by atoms with Gasteiger partial charge in [0, 0.05) is 5.41 Å². The molecular weight excluding hydrogens is 206 g/mol. The average molecular weight is 225 g/mol. The van der Waals surface area contributed by atoms with Crippen molar-refractivity contribution in [2.75, 3.05) is 5.32 Å². The Labute approximate surface area is 95.2 Å². The van der Waals surface area contributed by atoms with Crippen LogP contribution in [0.2, 0.25) is 0 Å². The summed E-state index contributed by atoms with van der Waals surface area (Å²) in [5, 5.41) is 16.7. The van der Waals surface area contributed by atoms with Crippen LogP contribution in [-0.2, 0) is 5.41 Å². The molecule has 0 spiro atoms.